The van der Waals surface area contributed by atoms with Gasteiger partial charge >= 0.3 is 0 Å². The van der Waals surface area contributed by atoms with Gasteiger partial charge in [0.15, 0.2) is 0 Å². The van der Waals surface area contributed by atoms with Gasteiger partial charge in [0.05, 0.1) is 24.5 Å². The van der Waals surface area contributed by atoms with Crippen molar-refractivity contribution in [1.82, 2.24) is 35.8 Å². The SMILES string of the molecule is CC(C)CN1CCn2nc(CNC(=O)C3CC(c4ccncc4)NN3)cc2C1. The molecule has 0 aromatic carbocycles. The summed E-state index contributed by atoms with van der Waals surface area (Å²) in [7, 11) is 0. The lowest BCUT2D eigenvalue weighted by Gasteiger charge is -2.28. The van der Waals surface area contributed by atoms with Crippen LogP contribution in [0.2, 0.25) is 0 Å². The first-order valence-electron chi connectivity index (χ1n) is 10.0. The van der Waals surface area contributed by atoms with Gasteiger partial charge in [-0.3, -0.25) is 19.4 Å². The molecule has 1 fully saturated rings. The normalized spacial score (nSPS) is 22.4. The third-order valence-electron chi connectivity index (χ3n) is 5.32. The van der Waals surface area contributed by atoms with E-state index >= 15 is 0 Å². The average Bonchev–Trinajstić information content (AvgIpc) is 3.33. The third-order valence-corrected chi connectivity index (χ3v) is 5.32. The Kier molecular flexibility index (Phi) is 5.70. The fourth-order valence-electron chi connectivity index (χ4n) is 3.98. The van der Waals surface area contributed by atoms with E-state index in [9.17, 15) is 4.79 Å². The van der Waals surface area contributed by atoms with Gasteiger partial charge in [0.1, 0.15) is 6.04 Å². The van der Waals surface area contributed by atoms with Gasteiger partial charge in [-0.25, -0.2) is 10.9 Å². The van der Waals surface area contributed by atoms with Crippen molar-refractivity contribution in [2.75, 3.05) is 13.1 Å². The molecule has 2 aromatic heterocycles. The number of hydrogen-bond donors (Lipinski definition) is 3. The van der Waals surface area contributed by atoms with E-state index < -0.39 is 0 Å². The molecule has 0 saturated carbocycles. The Balaban J connectivity index is 1.28. The first kappa shape index (κ1) is 19.0. The third kappa shape index (κ3) is 4.40. The van der Waals surface area contributed by atoms with Crippen molar-refractivity contribution in [2.24, 2.45) is 5.92 Å². The summed E-state index contributed by atoms with van der Waals surface area (Å²) in [5.41, 5.74) is 9.58. The second-order valence-corrected chi connectivity index (χ2v) is 8.11. The fourth-order valence-corrected chi connectivity index (χ4v) is 3.98. The van der Waals surface area contributed by atoms with Gasteiger partial charge < -0.3 is 5.32 Å². The van der Waals surface area contributed by atoms with Crippen LogP contribution < -0.4 is 16.2 Å². The van der Waals surface area contributed by atoms with Crippen molar-refractivity contribution < 1.29 is 4.79 Å². The monoisotopic (exact) mass is 383 g/mol. The molecule has 1 amide bonds. The van der Waals surface area contributed by atoms with Crippen LogP contribution in [0, 0.1) is 5.92 Å². The summed E-state index contributed by atoms with van der Waals surface area (Å²) < 4.78 is 2.08. The predicted molar refractivity (Wildman–Crippen MR) is 106 cm³/mol. The van der Waals surface area contributed by atoms with Gasteiger partial charge in [0, 0.05) is 38.1 Å². The number of pyridine rings is 1. The van der Waals surface area contributed by atoms with Crippen LogP contribution in [0.4, 0.5) is 0 Å². The van der Waals surface area contributed by atoms with E-state index in [1.165, 1.54) is 5.69 Å². The van der Waals surface area contributed by atoms with Gasteiger partial charge in [0.2, 0.25) is 5.91 Å². The van der Waals surface area contributed by atoms with Crippen molar-refractivity contribution in [3.8, 4) is 0 Å². The zero-order chi connectivity index (χ0) is 19.5. The standard InChI is InChI=1S/C20H29N7O/c1-14(2)12-26-7-8-27-17(13-26)9-16(25-27)11-22-20(28)19-10-18(23-24-19)15-3-5-21-6-4-15/h3-6,9,14,18-19,23-24H,7-8,10-13H2,1-2H3,(H,22,28). The Bertz CT molecular complexity index is 804. The Morgan fingerprint density at radius 1 is 1.29 bits per heavy atom. The van der Waals surface area contributed by atoms with E-state index in [1.807, 2.05) is 12.1 Å². The smallest absolute Gasteiger partial charge is 0.238 e. The van der Waals surface area contributed by atoms with E-state index in [0.29, 0.717) is 18.9 Å². The molecule has 3 N–H and O–H groups in total. The summed E-state index contributed by atoms with van der Waals surface area (Å²) >= 11 is 0. The number of carbonyl (C=O) groups excluding carboxylic acids is 1. The number of carbonyl (C=O) groups is 1. The lowest BCUT2D eigenvalue weighted by atomic mass is 10.0. The maximum atomic E-state index is 12.5. The van der Waals surface area contributed by atoms with E-state index in [4.69, 9.17) is 0 Å². The molecule has 150 valence electrons. The molecule has 2 unspecified atom stereocenters. The van der Waals surface area contributed by atoms with Crippen LogP contribution in [-0.2, 0) is 24.4 Å². The number of nitrogens with one attached hydrogen (secondary N) is 3. The molecule has 1 saturated heterocycles. The van der Waals surface area contributed by atoms with Crippen LogP contribution in [0.25, 0.3) is 0 Å². The van der Waals surface area contributed by atoms with Crippen molar-refractivity contribution in [3.63, 3.8) is 0 Å². The molecule has 2 aliphatic heterocycles. The fraction of sp³-hybridized carbons (Fsp3) is 0.550. The van der Waals surface area contributed by atoms with Gasteiger partial charge in [-0.1, -0.05) is 13.8 Å². The number of nitrogens with zero attached hydrogens (tertiary/aromatic N) is 4. The number of hydrazine groups is 1. The van der Waals surface area contributed by atoms with Crippen LogP contribution in [0.15, 0.2) is 30.6 Å². The molecular formula is C20H29N7O. The second-order valence-electron chi connectivity index (χ2n) is 8.11. The van der Waals surface area contributed by atoms with Crippen LogP contribution in [0.1, 0.15) is 43.3 Å². The van der Waals surface area contributed by atoms with Gasteiger partial charge in [-0.2, -0.15) is 5.10 Å². The summed E-state index contributed by atoms with van der Waals surface area (Å²) in [6, 6.07) is 5.92. The number of fused-ring (bicyclic) bond motifs is 1. The van der Waals surface area contributed by atoms with Crippen molar-refractivity contribution in [2.45, 2.75) is 52.0 Å². The Morgan fingerprint density at radius 3 is 2.89 bits per heavy atom. The minimum absolute atomic E-state index is 0.00328. The molecule has 4 rings (SSSR count). The first-order valence-corrected chi connectivity index (χ1v) is 10.0. The number of rotatable bonds is 6. The van der Waals surface area contributed by atoms with Gasteiger partial charge in [-0.05, 0) is 36.1 Å². The maximum Gasteiger partial charge on any atom is 0.238 e. The second kappa shape index (κ2) is 8.38. The molecule has 0 aliphatic carbocycles. The van der Waals surface area contributed by atoms with Gasteiger partial charge in [0.25, 0.3) is 0 Å². The zero-order valence-electron chi connectivity index (χ0n) is 16.6. The minimum Gasteiger partial charge on any atom is -0.349 e. The van der Waals surface area contributed by atoms with E-state index in [-0.39, 0.29) is 18.0 Å². The lowest BCUT2D eigenvalue weighted by Crippen LogP contribution is -2.42. The Labute approximate surface area is 165 Å². The first-order chi connectivity index (χ1) is 13.6. The van der Waals surface area contributed by atoms with Crippen LogP contribution >= 0.6 is 0 Å². The van der Waals surface area contributed by atoms with Crippen LogP contribution in [-0.4, -0.2) is 44.7 Å². The van der Waals surface area contributed by atoms with Crippen molar-refractivity contribution in [3.05, 3.63) is 47.5 Å². The Hall–Kier alpha value is -2.29. The summed E-state index contributed by atoms with van der Waals surface area (Å²) in [6.45, 7) is 8.94. The molecule has 2 aromatic rings. The summed E-state index contributed by atoms with van der Waals surface area (Å²) in [5, 5.41) is 7.68. The predicted octanol–water partition coefficient (Wildman–Crippen LogP) is 0.974. The maximum absolute atomic E-state index is 12.5. The molecule has 0 radical (unpaired) electrons. The van der Waals surface area contributed by atoms with Crippen molar-refractivity contribution >= 4 is 5.91 Å². The highest BCUT2D eigenvalue weighted by molar-refractivity contribution is 5.82. The number of amides is 1. The molecular weight excluding hydrogens is 354 g/mol. The van der Waals surface area contributed by atoms with Crippen LogP contribution in [0.5, 0.6) is 0 Å². The summed E-state index contributed by atoms with van der Waals surface area (Å²) in [6.07, 6.45) is 4.25. The largest absolute Gasteiger partial charge is 0.349 e. The molecule has 8 heteroatoms. The lowest BCUT2D eigenvalue weighted by molar-refractivity contribution is -0.123. The molecule has 0 spiro atoms. The molecule has 8 nitrogen and oxygen atoms in total. The highest BCUT2D eigenvalue weighted by atomic mass is 16.2. The zero-order valence-corrected chi connectivity index (χ0v) is 16.6. The summed E-state index contributed by atoms with van der Waals surface area (Å²) in [5.74, 6) is 0.660. The summed E-state index contributed by atoms with van der Waals surface area (Å²) in [4.78, 5) is 19.1. The Morgan fingerprint density at radius 2 is 2.11 bits per heavy atom. The molecule has 2 aliphatic rings. The molecule has 2 atom stereocenters. The van der Waals surface area contributed by atoms with Crippen molar-refractivity contribution in [1.29, 1.82) is 0 Å². The number of aromatic nitrogens is 3. The van der Waals surface area contributed by atoms with E-state index in [1.54, 1.807) is 12.4 Å². The topological polar surface area (TPSA) is 87.1 Å². The molecule has 28 heavy (non-hydrogen) atoms. The average molecular weight is 384 g/mol. The highest BCUT2D eigenvalue weighted by Gasteiger charge is 2.30. The van der Waals surface area contributed by atoms with E-state index in [2.05, 4.69) is 55.7 Å². The quantitative estimate of drug-likeness (QED) is 0.689. The van der Waals surface area contributed by atoms with Crippen LogP contribution in [0.3, 0.4) is 0 Å². The van der Waals surface area contributed by atoms with Gasteiger partial charge in [-0.15, -0.1) is 0 Å². The molecule has 4 heterocycles. The minimum atomic E-state index is -0.253. The molecule has 0 bridgehead atoms. The van der Waals surface area contributed by atoms with E-state index in [0.717, 1.165) is 37.4 Å². The highest BCUT2D eigenvalue weighted by Crippen LogP contribution is 2.21. The number of hydrogen-bond acceptors (Lipinski definition) is 6.